The summed E-state index contributed by atoms with van der Waals surface area (Å²) in [6, 6.07) is 3.43. The van der Waals surface area contributed by atoms with Gasteiger partial charge in [0.25, 0.3) is 11.4 Å². The van der Waals surface area contributed by atoms with Gasteiger partial charge < -0.3 is 47.9 Å². The van der Waals surface area contributed by atoms with Gasteiger partial charge in [-0.3, -0.25) is 20.2 Å². The van der Waals surface area contributed by atoms with Crippen molar-refractivity contribution in [1.82, 2.24) is 0 Å². The minimum absolute atomic E-state index is 0.0827. The third-order valence-electron chi connectivity index (χ3n) is 5.85. The van der Waals surface area contributed by atoms with E-state index in [4.69, 9.17) is 42.6 Å². The molecular weight excluding hydrogens is 574 g/mol. The summed E-state index contributed by atoms with van der Waals surface area (Å²) >= 11 is 0. The van der Waals surface area contributed by atoms with Crippen LogP contribution in [0.5, 0.6) is 0 Å². The van der Waals surface area contributed by atoms with Crippen molar-refractivity contribution in [2.75, 3.05) is 118 Å². The molecule has 0 amide bonds. The van der Waals surface area contributed by atoms with Gasteiger partial charge in [-0.25, -0.2) is 0 Å². The summed E-state index contributed by atoms with van der Waals surface area (Å²) in [5.74, 6) is 0. The van der Waals surface area contributed by atoms with Gasteiger partial charge in [0.2, 0.25) is 0 Å². The first-order chi connectivity index (χ1) is 21.1. The highest BCUT2D eigenvalue weighted by Crippen LogP contribution is 2.28. The highest BCUT2D eigenvalue weighted by atomic mass is 16.7. The summed E-state index contributed by atoms with van der Waals surface area (Å²) in [4.78, 5) is 20.6. The lowest BCUT2D eigenvalue weighted by Gasteiger charge is -2.22. The lowest BCUT2D eigenvalue weighted by atomic mass is 10.2. The first-order valence-corrected chi connectivity index (χ1v) is 14.5. The number of nitrogens with one attached hydrogen (secondary N) is 1. The second-order valence-electron chi connectivity index (χ2n) is 9.10. The predicted molar refractivity (Wildman–Crippen MR) is 154 cm³/mol. The maximum atomic E-state index is 11.1. The number of rotatable bonds is 28. The molecule has 246 valence electrons. The molecule has 43 heavy (non-hydrogen) atoms. The third-order valence-corrected chi connectivity index (χ3v) is 5.85. The normalized spacial score (nSPS) is 15.0. The van der Waals surface area contributed by atoms with Gasteiger partial charge in [-0.05, 0) is 25.3 Å². The third kappa shape index (κ3) is 18.7. The minimum Gasteiger partial charge on any atom is -0.377 e. The van der Waals surface area contributed by atoms with Gasteiger partial charge in [-0.1, -0.05) is 0 Å². The number of anilines is 1. The average Bonchev–Trinajstić information content (AvgIpc) is 3.01. The number of nitrogens with zero attached hydrogens (tertiary/aromatic N) is 2. The molecular formula is C27H45N3O13. The van der Waals surface area contributed by atoms with Crippen molar-refractivity contribution >= 4 is 17.1 Å². The summed E-state index contributed by atoms with van der Waals surface area (Å²) < 4.78 is 49.2. The van der Waals surface area contributed by atoms with E-state index in [-0.39, 0.29) is 30.0 Å². The van der Waals surface area contributed by atoms with E-state index in [9.17, 15) is 20.2 Å². The smallest absolute Gasteiger partial charge is 0.299 e. The van der Waals surface area contributed by atoms with Gasteiger partial charge >= 0.3 is 0 Å². The quantitative estimate of drug-likeness (QED) is 0.0821. The standard InChI is InChI=1S/C27H45N3O13/c31-29(32)24-4-5-25(26(23-24)30(33)34)28-6-8-35-9-10-36-11-12-37-13-14-38-15-16-39-17-18-40-19-20-41-21-22-43-27-3-1-2-7-42-27/h4-5,23,27-28H,1-3,6-22H2. The van der Waals surface area contributed by atoms with Gasteiger partial charge in [-0.2, -0.15) is 0 Å². The van der Waals surface area contributed by atoms with E-state index in [1.54, 1.807) is 0 Å². The Morgan fingerprint density at radius 3 is 1.60 bits per heavy atom. The van der Waals surface area contributed by atoms with E-state index in [0.717, 1.165) is 31.9 Å². The molecule has 0 aromatic heterocycles. The largest absolute Gasteiger partial charge is 0.377 e. The zero-order valence-electron chi connectivity index (χ0n) is 24.7. The summed E-state index contributed by atoms with van der Waals surface area (Å²) in [6.07, 6.45) is 3.13. The van der Waals surface area contributed by atoms with Gasteiger partial charge in [0.1, 0.15) is 5.69 Å². The van der Waals surface area contributed by atoms with Crippen molar-refractivity contribution in [3.8, 4) is 0 Å². The molecule has 0 radical (unpaired) electrons. The monoisotopic (exact) mass is 619 g/mol. The van der Waals surface area contributed by atoms with E-state index in [1.807, 2.05) is 0 Å². The summed E-state index contributed by atoms with van der Waals surface area (Å²) in [5.41, 5.74) is -0.515. The van der Waals surface area contributed by atoms with Crippen LogP contribution in [0.2, 0.25) is 0 Å². The molecule has 1 saturated heterocycles. The van der Waals surface area contributed by atoms with Crippen LogP contribution in [0.4, 0.5) is 17.1 Å². The van der Waals surface area contributed by atoms with Gasteiger partial charge in [0, 0.05) is 19.2 Å². The number of hydrogen-bond acceptors (Lipinski definition) is 14. The van der Waals surface area contributed by atoms with Crippen LogP contribution in [0.1, 0.15) is 19.3 Å². The molecule has 0 bridgehead atoms. The van der Waals surface area contributed by atoms with Crippen molar-refractivity contribution < 1.29 is 52.5 Å². The number of nitro benzene ring substituents is 2. The highest BCUT2D eigenvalue weighted by Gasteiger charge is 2.19. The molecule has 1 aliphatic rings. The summed E-state index contributed by atoms with van der Waals surface area (Å²) in [5, 5.41) is 24.8. The van der Waals surface area contributed by atoms with Crippen LogP contribution in [-0.2, 0) is 42.6 Å². The fraction of sp³-hybridized carbons (Fsp3) is 0.778. The van der Waals surface area contributed by atoms with Crippen LogP contribution >= 0.6 is 0 Å². The van der Waals surface area contributed by atoms with Crippen molar-refractivity contribution in [1.29, 1.82) is 0 Å². The fourth-order valence-corrected chi connectivity index (χ4v) is 3.69. The Kier molecular flexibility index (Phi) is 21.2. The van der Waals surface area contributed by atoms with Crippen molar-refractivity contribution in [3.63, 3.8) is 0 Å². The topological polar surface area (TPSA) is 181 Å². The van der Waals surface area contributed by atoms with Crippen molar-refractivity contribution in [3.05, 3.63) is 38.4 Å². The second-order valence-corrected chi connectivity index (χ2v) is 9.10. The molecule has 1 aromatic rings. The molecule has 0 saturated carbocycles. The fourth-order valence-electron chi connectivity index (χ4n) is 3.69. The maximum absolute atomic E-state index is 11.1. The zero-order valence-corrected chi connectivity index (χ0v) is 24.7. The Hall–Kier alpha value is -2.54. The minimum atomic E-state index is -0.679. The molecule has 1 aliphatic heterocycles. The lowest BCUT2D eigenvalue weighted by Crippen LogP contribution is -2.24. The molecule has 2 rings (SSSR count). The lowest BCUT2D eigenvalue weighted by molar-refractivity contribution is -0.393. The highest BCUT2D eigenvalue weighted by molar-refractivity contribution is 5.65. The Morgan fingerprint density at radius 2 is 1.16 bits per heavy atom. The SMILES string of the molecule is O=[N+]([O-])c1ccc(NCCOCCOCCOCCOCCOCCOCCOCCOC2CCCCO2)c([N+](=O)[O-])c1. The molecule has 1 unspecified atom stereocenters. The van der Waals surface area contributed by atoms with Crippen LogP contribution in [0.3, 0.4) is 0 Å². The summed E-state index contributed by atoms with van der Waals surface area (Å²) in [7, 11) is 0. The number of hydrogen-bond donors (Lipinski definition) is 1. The first-order valence-electron chi connectivity index (χ1n) is 14.5. The molecule has 1 heterocycles. The summed E-state index contributed by atoms with van der Waals surface area (Å²) in [6.45, 7) is 7.80. The Balaban J connectivity index is 1.24. The molecule has 1 atom stereocenters. The van der Waals surface area contributed by atoms with E-state index in [1.165, 1.54) is 12.1 Å². The number of nitro groups is 2. The number of ether oxygens (including phenoxy) is 9. The van der Waals surface area contributed by atoms with Gasteiger partial charge in [0.05, 0.1) is 115 Å². The maximum Gasteiger partial charge on any atom is 0.299 e. The second kappa shape index (κ2) is 24.9. The molecule has 1 aromatic carbocycles. The number of benzene rings is 1. The zero-order chi connectivity index (χ0) is 30.8. The number of non-ortho nitro benzene ring substituents is 1. The average molecular weight is 620 g/mol. The molecule has 16 heteroatoms. The van der Waals surface area contributed by atoms with Crippen LogP contribution in [-0.4, -0.2) is 128 Å². The van der Waals surface area contributed by atoms with Crippen molar-refractivity contribution in [2.45, 2.75) is 25.6 Å². The van der Waals surface area contributed by atoms with Crippen LogP contribution in [0, 0.1) is 20.2 Å². The van der Waals surface area contributed by atoms with Crippen LogP contribution in [0.15, 0.2) is 18.2 Å². The van der Waals surface area contributed by atoms with Crippen molar-refractivity contribution in [2.24, 2.45) is 0 Å². The van der Waals surface area contributed by atoms with E-state index in [0.29, 0.717) is 99.0 Å². The molecule has 16 nitrogen and oxygen atoms in total. The van der Waals surface area contributed by atoms with Gasteiger partial charge in [0.15, 0.2) is 6.29 Å². The van der Waals surface area contributed by atoms with E-state index >= 15 is 0 Å². The Morgan fingerprint density at radius 1 is 0.674 bits per heavy atom. The Labute approximate surface area is 251 Å². The molecule has 1 N–H and O–H groups in total. The molecule has 1 fully saturated rings. The van der Waals surface area contributed by atoms with E-state index in [2.05, 4.69) is 5.32 Å². The first kappa shape index (κ1) is 36.7. The van der Waals surface area contributed by atoms with Crippen LogP contribution < -0.4 is 5.32 Å². The molecule has 0 spiro atoms. The van der Waals surface area contributed by atoms with E-state index < -0.39 is 9.85 Å². The predicted octanol–water partition coefficient (Wildman–Crippen LogP) is 2.57. The molecule has 0 aliphatic carbocycles. The van der Waals surface area contributed by atoms with Gasteiger partial charge in [-0.15, -0.1) is 0 Å². The Bertz CT molecular complexity index is 875. The van der Waals surface area contributed by atoms with Crippen LogP contribution in [0.25, 0.3) is 0 Å².